The van der Waals surface area contributed by atoms with Crippen LogP contribution in [0.4, 0.5) is 22.2 Å². The summed E-state index contributed by atoms with van der Waals surface area (Å²) >= 11 is 0. The van der Waals surface area contributed by atoms with E-state index in [9.17, 15) is 4.79 Å². The molecule has 2 aromatic carbocycles. The summed E-state index contributed by atoms with van der Waals surface area (Å²) in [5.74, 6) is 2.10. The van der Waals surface area contributed by atoms with Gasteiger partial charge < -0.3 is 20.9 Å². The summed E-state index contributed by atoms with van der Waals surface area (Å²) in [7, 11) is 4.02. The van der Waals surface area contributed by atoms with Crippen molar-refractivity contribution < 1.29 is 4.79 Å². The number of aromatic nitrogens is 2. The molecule has 1 aliphatic carbocycles. The highest BCUT2D eigenvalue weighted by Gasteiger charge is 2.23. The van der Waals surface area contributed by atoms with E-state index in [-0.39, 0.29) is 6.03 Å². The molecule has 0 saturated heterocycles. The zero-order valence-corrected chi connectivity index (χ0v) is 20.7. The quantitative estimate of drug-likeness (QED) is 0.442. The molecule has 0 atom stereocenters. The number of carbonyl (C=O) groups is 1. The summed E-state index contributed by atoms with van der Waals surface area (Å²) in [6.45, 7) is 4.83. The molecule has 34 heavy (non-hydrogen) atoms. The molecule has 7 heteroatoms. The minimum Gasteiger partial charge on any atom is -0.362 e. The molecule has 1 aliphatic rings. The van der Waals surface area contributed by atoms with Crippen LogP contribution in [0.5, 0.6) is 0 Å². The fourth-order valence-corrected chi connectivity index (χ4v) is 4.76. The van der Waals surface area contributed by atoms with Crippen molar-refractivity contribution in [2.75, 3.05) is 36.2 Å². The van der Waals surface area contributed by atoms with Gasteiger partial charge in [0.25, 0.3) is 0 Å². The number of hydrogen-bond donors (Lipinski definition) is 3. The summed E-state index contributed by atoms with van der Waals surface area (Å²) in [6, 6.07) is 14.5. The molecule has 2 amide bonds. The Morgan fingerprint density at radius 1 is 1.03 bits per heavy atom. The number of urea groups is 1. The lowest BCUT2D eigenvalue weighted by molar-refractivity contribution is 0.246. The average molecular weight is 461 g/mol. The first-order chi connectivity index (χ1) is 16.4. The maximum atomic E-state index is 12.5. The lowest BCUT2D eigenvalue weighted by Gasteiger charge is -2.29. The van der Waals surface area contributed by atoms with E-state index in [1.165, 1.54) is 0 Å². The van der Waals surface area contributed by atoms with Gasteiger partial charge in [0, 0.05) is 37.8 Å². The van der Waals surface area contributed by atoms with Gasteiger partial charge in [-0.25, -0.2) is 9.78 Å². The third-order valence-corrected chi connectivity index (χ3v) is 6.72. The Labute approximate surface area is 202 Å². The maximum Gasteiger partial charge on any atom is 0.319 e. The van der Waals surface area contributed by atoms with Crippen molar-refractivity contribution >= 4 is 34.4 Å². The van der Waals surface area contributed by atoms with E-state index in [1.54, 1.807) is 0 Å². The van der Waals surface area contributed by atoms with Crippen LogP contribution in [0.3, 0.4) is 0 Å². The van der Waals surface area contributed by atoms with Crippen molar-refractivity contribution in [1.82, 2.24) is 15.3 Å². The fraction of sp³-hybridized carbons (Fsp3) is 0.444. The largest absolute Gasteiger partial charge is 0.362 e. The van der Waals surface area contributed by atoms with Crippen LogP contribution in [0, 0.1) is 12.8 Å². The standard InChI is InChI=1S/C27H36N6O/c1-5-20-10-8-9-18(2)24(20)31-27(34)28-17-19-13-15-21(16-14-19)29-26-30-23-12-7-6-11-22(23)25(32-26)33(3)4/h6-12,19,21H,5,13-17H2,1-4H3,(H2,28,31,34)(H,29,30,32). The first-order valence-electron chi connectivity index (χ1n) is 12.3. The molecule has 0 aliphatic heterocycles. The van der Waals surface area contributed by atoms with Crippen LogP contribution in [0.25, 0.3) is 10.9 Å². The Balaban J connectivity index is 1.28. The number of fused-ring (bicyclic) bond motifs is 1. The molecule has 3 aromatic rings. The second kappa shape index (κ2) is 10.7. The predicted octanol–water partition coefficient (Wildman–Crippen LogP) is 5.36. The van der Waals surface area contributed by atoms with E-state index >= 15 is 0 Å². The van der Waals surface area contributed by atoms with Gasteiger partial charge in [0.1, 0.15) is 5.82 Å². The molecule has 1 heterocycles. The number of anilines is 3. The van der Waals surface area contributed by atoms with Gasteiger partial charge in [0.2, 0.25) is 5.95 Å². The van der Waals surface area contributed by atoms with Crippen LogP contribution >= 0.6 is 0 Å². The molecular formula is C27H36N6O. The number of aryl methyl sites for hydroxylation is 2. The SMILES string of the molecule is CCc1cccc(C)c1NC(=O)NCC1CCC(Nc2nc(N(C)C)c3ccccc3n2)CC1. The number of amides is 2. The molecule has 3 N–H and O–H groups in total. The van der Waals surface area contributed by atoms with Crippen LogP contribution in [0.2, 0.25) is 0 Å². The molecule has 1 aromatic heterocycles. The van der Waals surface area contributed by atoms with Gasteiger partial charge >= 0.3 is 6.03 Å². The molecule has 1 saturated carbocycles. The van der Waals surface area contributed by atoms with Gasteiger partial charge in [-0.05, 0) is 68.2 Å². The Morgan fingerprint density at radius 3 is 2.53 bits per heavy atom. The topological polar surface area (TPSA) is 82.2 Å². The number of para-hydroxylation sites is 2. The molecule has 4 rings (SSSR count). The Morgan fingerprint density at radius 2 is 1.79 bits per heavy atom. The zero-order chi connectivity index (χ0) is 24.1. The molecule has 180 valence electrons. The summed E-state index contributed by atoms with van der Waals surface area (Å²) in [6.07, 6.45) is 5.11. The summed E-state index contributed by atoms with van der Waals surface area (Å²) in [4.78, 5) is 24.1. The lowest BCUT2D eigenvalue weighted by Crippen LogP contribution is -2.36. The van der Waals surface area contributed by atoms with E-state index < -0.39 is 0 Å². The van der Waals surface area contributed by atoms with Crippen LogP contribution < -0.4 is 20.9 Å². The maximum absolute atomic E-state index is 12.5. The van der Waals surface area contributed by atoms with E-state index in [2.05, 4.69) is 35.0 Å². The highest BCUT2D eigenvalue weighted by atomic mass is 16.2. The van der Waals surface area contributed by atoms with Crippen molar-refractivity contribution in [1.29, 1.82) is 0 Å². The molecule has 0 unspecified atom stereocenters. The second-order valence-corrected chi connectivity index (χ2v) is 9.44. The second-order valence-electron chi connectivity index (χ2n) is 9.44. The van der Waals surface area contributed by atoms with Crippen LogP contribution in [-0.4, -0.2) is 42.7 Å². The Bertz CT molecular complexity index is 1140. The van der Waals surface area contributed by atoms with E-state index in [0.717, 1.165) is 65.6 Å². The number of benzene rings is 2. The van der Waals surface area contributed by atoms with Gasteiger partial charge in [-0.15, -0.1) is 0 Å². The van der Waals surface area contributed by atoms with Gasteiger partial charge in [0.05, 0.1) is 5.52 Å². The van der Waals surface area contributed by atoms with Gasteiger partial charge in [-0.3, -0.25) is 0 Å². The van der Waals surface area contributed by atoms with Crippen molar-refractivity contribution in [3.63, 3.8) is 0 Å². The van der Waals surface area contributed by atoms with Crippen molar-refractivity contribution in [2.45, 2.75) is 52.0 Å². The van der Waals surface area contributed by atoms with Gasteiger partial charge in [-0.1, -0.05) is 37.3 Å². The zero-order valence-electron chi connectivity index (χ0n) is 20.7. The predicted molar refractivity (Wildman–Crippen MR) is 141 cm³/mol. The summed E-state index contributed by atoms with van der Waals surface area (Å²) < 4.78 is 0. The Hall–Kier alpha value is -3.35. The first kappa shape index (κ1) is 23.8. The molecule has 0 bridgehead atoms. The minimum absolute atomic E-state index is 0.120. The van der Waals surface area contributed by atoms with Gasteiger partial charge in [0.15, 0.2) is 0 Å². The van der Waals surface area contributed by atoms with Crippen molar-refractivity contribution in [2.24, 2.45) is 5.92 Å². The number of carbonyl (C=O) groups excluding carboxylic acids is 1. The third-order valence-electron chi connectivity index (χ3n) is 6.72. The highest BCUT2D eigenvalue weighted by molar-refractivity contribution is 5.91. The normalized spacial score (nSPS) is 17.9. The molecule has 0 radical (unpaired) electrons. The number of nitrogens with zero attached hydrogens (tertiary/aromatic N) is 3. The fourth-order valence-electron chi connectivity index (χ4n) is 4.76. The lowest BCUT2D eigenvalue weighted by atomic mass is 9.86. The van der Waals surface area contributed by atoms with Gasteiger partial charge in [-0.2, -0.15) is 4.98 Å². The van der Waals surface area contributed by atoms with Crippen LogP contribution in [0.15, 0.2) is 42.5 Å². The van der Waals surface area contributed by atoms with Crippen molar-refractivity contribution in [3.05, 3.63) is 53.6 Å². The monoisotopic (exact) mass is 460 g/mol. The van der Waals surface area contributed by atoms with Crippen LogP contribution in [0.1, 0.15) is 43.7 Å². The smallest absolute Gasteiger partial charge is 0.319 e. The highest BCUT2D eigenvalue weighted by Crippen LogP contribution is 2.28. The average Bonchev–Trinajstić information content (AvgIpc) is 2.84. The third kappa shape index (κ3) is 5.58. The number of hydrogen-bond acceptors (Lipinski definition) is 5. The van der Waals surface area contributed by atoms with E-state index in [4.69, 9.17) is 9.97 Å². The van der Waals surface area contributed by atoms with Crippen molar-refractivity contribution in [3.8, 4) is 0 Å². The number of rotatable bonds is 7. The molecule has 7 nitrogen and oxygen atoms in total. The molecule has 1 fully saturated rings. The molecule has 0 spiro atoms. The summed E-state index contributed by atoms with van der Waals surface area (Å²) in [5, 5.41) is 10.8. The first-order valence-corrected chi connectivity index (χ1v) is 12.3. The minimum atomic E-state index is -0.120. The summed E-state index contributed by atoms with van der Waals surface area (Å²) in [5.41, 5.74) is 4.14. The Kier molecular flexibility index (Phi) is 7.50. The van der Waals surface area contributed by atoms with Crippen LogP contribution in [-0.2, 0) is 6.42 Å². The van der Waals surface area contributed by atoms with E-state index in [0.29, 0.717) is 24.5 Å². The number of nitrogens with one attached hydrogen (secondary N) is 3. The van der Waals surface area contributed by atoms with E-state index in [1.807, 2.05) is 56.3 Å². The molecular weight excluding hydrogens is 424 g/mol.